The molecule has 1 heterocycles. The number of nitrogens with one attached hydrogen (secondary N) is 1. The van der Waals surface area contributed by atoms with Gasteiger partial charge in [-0.05, 0) is 53.9 Å². The molecule has 0 aromatic heterocycles. The maximum absolute atomic E-state index is 13.7. The van der Waals surface area contributed by atoms with Crippen LogP contribution in [0.2, 0.25) is 0 Å². The summed E-state index contributed by atoms with van der Waals surface area (Å²) in [4.78, 5) is 28.7. The molecule has 0 spiro atoms. The van der Waals surface area contributed by atoms with Gasteiger partial charge in [-0.25, -0.2) is 12.8 Å². The molecule has 3 aromatic rings. The summed E-state index contributed by atoms with van der Waals surface area (Å²) in [5.74, 6) is -0.905. The summed E-state index contributed by atoms with van der Waals surface area (Å²) in [5.41, 5.74) is 1.27. The number of sulfonamides is 1. The SMILES string of the molecule is CCCCNC(=O)C(c1ccccc1)N(Cc1ccc(F)cc1)C(=O)COc1ccc(S(=O)(=O)N2CCOCC2)cc1. The third-order valence-electron chi connectivity index (χ3n) is 6.89. The molecule has 2 amide bonds. The summed E-state index contributed by atoms with van der Waals surface area (Å²) in [6.45, 7) is 3.39. The van der Waals surface area contributed by atoms with E-state index in [1.54, 1.807) is 36.4 Å². The van der Waals surface area contributed by atoms with Crippen LogP contribution in [0.5, 0.6) is 5.75 Å². The normalized spacial score (nSPS) is 14.6. The molecule has 0 bridgehead atoms. The lowest BCUT2D eigenvalue weighted by Gasteiger charge is -2.31. The number of benzene rings is 3. The summed E-state index contributed by atoms with van der Waals surface area (Å²) >= 11 is 0. The van der Waals surface area contributed by atoms with Gasteiger partial charge in [0.25, 0.3) is 5.91 Å². The lowest BCUT2D eigenvalue weighted by Crippen LogP contribution is -2.45. The lowest BCUT2D eigenvalue weighted by molar-refractivity contribution is -0.143. The van der Waals surface area contributed by atoms with Crippen LogP contribution in [0.4, 0.5) is 4.39 Å². The second-order valence-corrected chi connectivity index (χ2v) is 11.8. The fourth-order valence-electron chi connectivity index (χ4n) is 4.58. The van der Waals surface area contributed by atoms with Crippen molar-refractivity contribution in [2.24, 2.45) is 0 Å². The maximum atomic E-state index is 13.7. The molecule has 1 unspecified atom stereocenters. The van der Waals surface area contributed by atoms with Gasteiger partial charge >= 0.3 is 0 Å². The number of hydrogen-bond donors (Lipinski definition) is 1. The minimum Gasteiger partial charge on any atom is -0.484 e. The Kier molecular flexibility index (Phi) is 11.0. The van der Waals surface area contributed by atoms with E-state index < -0.39 is 34.4 Å². The standard InChI is InChI=1S/C31H36FN3O6S/c1-2-3-17-33-31(37)30(25-7-5-4-6-8-25)35(22-24-9-11-26(32)12-10-24)29(36)23-41-27-13-15-28(16-14-27)42(38,39)34-18-20-40-21-19-34/h4-16,30H,2-3,17-23H2,1H3,(H,33,37). The molecular weight excluding hydrogens is 561 g/mol. The zero-order valence-electron chi connectivity index (χ0n) is 23.6. The third-order valence-corrected chi connectivity index (χ3v) is 8.80. The predicted molar refractivity (Wildman–Crippen MR) is 156 cm³/mol. The number of ether oxygens (including phenoxy) is 2. The molecule has 0 aliphatic carbocycles. The molecule has 1 aliphatic heterocycles. The number of carbonyl (C=O) groups excluding carboxylic acids is 2. The van der Waals surface area contributed by atoms with Crippen molar-refractivity contribution in [3.63, 3.8) is 0 Å². The lowest BCUT2D eigenvalue weighted by atomic mass is 10.0. The summed E-state index contributed by atoms with van der Waals surface area (Å²) in [5, 5.41) is 2.93. The Hall–Kier alpha value is -3.80. The molecular formula is C31H36FN3O6S. The van der Waals surface area contributed by atoms with E-state index in [4.69, 9.17) is 9.47 Å². The Morgan fingerprint density at radius 2 is 1.67 bits per heavy atom. The zero-order valence-corrected chi connectivity index (χ0v) is 24.4. The molecule has 1 N–H and O–H groups in total. The highest BCUT2D eigenvalue weighted by molar-refractivity contribution is 7.89. The average molecular weight is 598 g/mol. The minimum atomic E-state index is -3.67. The molecule has 11 heteroatoms. The van der Waals surface area contributed by atoms with Crippen LogP contribution >= 0.6 is 0 Å². The van der Waals surface area contributed by atoms with E-state index in [1.165, 1.54) is 45.6 Å². The van der Waals surface area contributed by atoms with E-state index >= 15 is 0 Å². The summed E-state index contributed by atoms with van der Waals surface area (Å²) in [6, 6.07) is 19.7. The number of rotatable bonds is 13. The van der Waals surface area contributed by atoms with Crippen molar-refractivity contribution in [2.45, 2.75) is 37.2 Å². The largest absolute Gasteiger partial charge is 0.484 e. The molecule has 4 rings (SSSR count). The monoisotopic (exact) mass is 597 g/mol. The molecule has 1 saturated heterocycles. The Labute approximate surface area is 246 Å². The van der Waals surface area contributed by atoms with Crippen LogP contribution in [0.3, 0.4) is 0 Å². The number of morpholine rings is 1. The Bertz CT molecular complexity index is 1410. The Morgan fingerprint density at radius 3 is 2.31 bits per heavy atom. The number of halogens is 1. The Morgan fingerprint density at radius 1 is 1.00 bits per heavy atom. The van der Waals surface area contributed by atoms with Crippen molar-refractivity contribution >= 4 is 21.8 Å². The first-order valence-corrected chi connectivity index (χ1v) is 15.4. The van der Waals surface area contributed by atoms with Crippen molar-refractivity contribution in [3.05, 3.63) is 95.8 Å². The van der Waals surface area contributed by atoms with E-state index in [2.05, 4.69) is 5.32 Å². The van der Waals surface area contributed by atoms with Crippen molar-refractivity contribution in [1.29, 1.82) is 0 Å². The van der Waals surface area contributed by atoms with E-state index in [-0.39, 0.29) is 30.4 Å². The van der Waals surface area contributed by atoms with Gasteiger partial charge in [-0.15, -0.1) is 0 Å². The van der Waals surface area contributed by atoms with Gasteiger partial charge in [0.1, 0.15) is 17.6 Å². The van der Waals surface area contributed by atoms with Crippen LogP contribution in [-0.2, 0) is 30.9 Å². The van der Waals surface area contributed by atoms with Crippen LogP contribution in [0.1, 0.15) is 36.9 Å². The van der Waals surface area contributed by atoms with Gasteiger partial charge in [-0.2, -0.15) is 4.31 Å². The van der Waals surface area contributed by atoms with E-state index in [9.17, 15) is 22.4 Å². The van der Waals surface area contributed by atoms with Gasteiger partial charge in [0.2, 0.25) is 15.9 Å². The molecule has 0 saturated carbocycles. The fraction of sp³-hybridized carbons (Fsp3) is 0.355. The van der Waals surface area contributed by atoms with E-state index in [0.29, 0.717) is 36.6 Å². The molecule has 1 fully saturated rings. The molecule has 0 radical (unpaired) electrons. The van der Waals surface area contributed by atoms with Gasteiger partial charge in [0.05, 0.1) is 18.1 Å². The van der Waals surface area contributed by atoms with Crippen LogP contribution in [0.15, 0.2) is 83.8 Å². The highest BCUT2D eigenvalue weighted by atomic mass is 32.2. The molecule has 3 aromatic carbocycles. The summed E-state index contributed by atoms with van der Waals surface area (Å²) < 4.78 is 51.9. The topological polar surface area (TPSA) is 105 Å². The number of carbonyl (C=O) groups is 2. The van der Waals surface area contributed by atoms with Gasteiger partial charge in [0, 0.05) is 26.2 Å². The molecule has 224 valence electrons. The first-order chi connectivity index (χ1) is 20.3. The van der Waals surface area contributed by atoms with Gasteiger partial charge in [-0.1, -0.05) is 55.8 Å². The number of hydrogen-bond acceptors (Lipinski definition) is 6. The smallest absolute Gasteiger partial charge is 0.261 e. The van der Waals surface area contributed by atoms with Gasteiger partial charge in [-0.3, -0.25) is 9.59 Å². The molecule has 42 heavy (non-hydrogen) atoms. The zero-order chi connectivity index (χ0) is 30.0. The van der Waals surface area contributed by atoms with Crippen molar-refractivity contribution in [1.82, 2.24) is 14.5 Å². The minimum absolute atomic E-state index is 0.0416. The van der Waals surface area contributed by atoms with Crippen molar-refractivity contribution < 1.29 is 31.9 Å². The van der Waals surface area contributed by atoms with Crippen LogP contribution < -0.4 is 10.1 Å². The molecule has 9 nitrogen and oxygen atoms in total. The van der Waals surface area contributed by atoms with Crippen LogP contribution in [-0.4, -0.2) is 68.9 Å². The van der Waals surface area contributed by atoms with Crippen LogP contribution in [0, 0.1) is 5.82 Å². The van der Waals surface area contributed by atoms with E-state index in [1.807, 2.05) is 13.0 Å². The number of unbranched alkanes of at least 4 members (excludes halogenated alkanes) is 1. The second kappa shape index (κ2) is 14.9. The first-order valence-electron chi connectivity index (χ1n) is 14.0. The van der Waals surface area contributed by atoms with Crippen LogP contribution in [0.25, 0.3) is 0 Å². The Balaban J connectivity index is 1.54. The van der Waals surface area contributed by atoms with Gasteiger partial charge in [0.15, 0.2) is 6.61 Å². The van der Waals surface area contributed by atoms with Crippen molar-refractivity contribution in [2.75, 3.05) is 39.5 Å². The first kappa shape index (κ1) is 31.1. The quantitative estimate of drug-likeness (QED) is 0.300. The second-order valence-electron chi connectivity index (χ2n) is 9.88. The van der Waals surface area contributed by atoms with Crippen molar-refractivity contribution in [3.8, 4) is 5.75 Å². The van der Waals surface area contributed by atoms with Gasteiger partial charge < -0.3 is 19.7 Å². The maximum Gasteiger partial charge on any atom is 0.261 e. The van der Waals surface area contributed by atoms with E-state index in [0.717, 1.165) is 12.8 Å². The summed E-state index contributed by atoms with van der Waals surface area (Å²) in [7, 11) is -3.67. The molecule has 1 atom stereocenters. The molecule has 1 aliphatic rings. The third kappa shape index (κ3) is 8.15. The fourth-order valence-corrected chi connectivity index (χ4v) is 5.98. The number of amides is 2. The highest BCUT2D eigenvalue weighted by Gasteiger charge is 2.32. The number of nitrogens with zero attached hydrogens (tertiary/aromatic N) is 2. The summed E-state index contributed by atoms with van der Waals surface area (Å²) in [6.07, 6.45) is 1.69. The predicted octanol–water partition coefficient (Wildman–Crippen LogP) is 3.91. The average Bonchev–Trinajstić information content (AvgIpc) is 3.02. The highest BCUT2D eigenvalue weighted by Crippen LogP contribution is 2.25.